The second-order valence-corrected chi connectivity index (χ2v) is 5.48. The first-order valence-corrected chi connectivity index (χ1v) is 7.85. The van der Waals surface area contributed by atoms with Crippen LogP contribution in [0, 0.1) is 11.8 Å². The van der Waals surface area contributed by atoms with E-state index >= 15 is 0 Å². The van der Waals surface area contributed by atoms with Gasteiger partial charge in [0.25, 0.3) is 5.91 Å². The molecule has 1 amide bonds. The van der Waals surface area contributed by atoms with Crippen LogP contribution in [0.3, 0.4) is 0 Å². The lowest BCUT2D eigenvalue weighted by Gasteiger charge is -2.33. The molecule has 1 heterocycles. The van der Waals surface area contributed by atoms with Crippen LogP contribution in [-0.2, 0) is 11.3 Å². The minimum atomic E-state index is -0.0927. The van der Waals surface area contributed by atoms with Gasteiger partial charge in [-0.2, -0.15) is 0 Å². The predicted molar refractivity (Wildman–Crippen MR) is 91.4 cm³/mol. The number of amides is 1. The summed E-state index contributed by atoms with van der Waals surface area (Å²) in [6.45, 7) is 5.45. The summed E-state index contributed by atoms with van der Waals surface area (Å²) in [6, 6.07) is 3.92. The molecule has 130 valence electrons. The number of benzene rings is 1. The Morgan fingerprint density at radius 2 is 1.62 bits per heavy atom. The normalized spacial score (nSPS) is 14.6. The van der Waals surface area contributed by atoms with Gasteiger partial charge >= 0.3 is 0 Å². The van der Waals surface area contributed by atoms with E-state index in [1.165, 1.54) is 0 Å². The van der Waals surface area contributed by atoms with E-state index in [1.54, 1.807) is 33.2 Å². The molecule has 24 heavy (non-hydrogen) atoms. The summed E-state index contributed by atoms with van der Waals surface area (Å²) < 4.78 is 16.1. The van der Waals surface area contributed by atoms with Gasteiger partial charge in [0.2, 0.25) is 5.75 Å². The molecule has 0 aromatic heterocycles. The lowest BCUT2D eigenvalue weighted by atomic mass is 10.1. The first-order chi connectivity index (χ1) is 11.6. The molecule has 2 rings (SSSR count). The van der Waals surface area contributed by atoms with Gasteiger partial charge in [-0.3, -0.25) is 9.69 Å². The Hall–Kier alpha value is -2.39. The standard InChI is InChI=1S/C18H24N2O4/c1-5-6-17(21)20-9-7-19(8-10-20)13-14-11-15(22-2)18(24-4)16(12-14)23-3/h11-12H,7-10,13H2,1-4H3. The zero-order valence-electron chi connectivity index (χ0n) is 14.7. The minimum absolute atomic E-state index is 0.0927. The van der Waals surface area contributed by atoms with Crippen LogP contribution in [0.15, 0.2) is 12.1 Å². The number of ether oxygens (including phenoxy) is 3. The van der Waals surface area contributed by atoms with E-state index in [9.17, 15) is 4.79 Å². The summed E-state index contributed by atoms with van der Waals surface area (Å²) in [5, 5.41) is 0. The molecule has 0 bridgehead atoms. The molecule has 1 saturated heterocycles. The van der Waals surface area contributed by atoms with Crippen LogP contribution >= 0.6 is 0 Å². The van der Waals surface area contributed by atoms with Crippen LogP contribution in [-0.4, -0.2) is 63.2 Å². The van der Waals surface area contributed by atoms with E-state index in [2.05, 4.69) is 16.7 Å². The maximum atomic E-state index is 11.8. The molecule has 1 aliphatic rings. The quantitative estimate of drug-likeness (QED) is 0.763. The molecule has 0 atom stereocenters. The van der Waals surface area contributed by atoms with E-state index in [0.717, 1.165) is 25.2 Å². The van der Waals surface area contributed by atoms with Gasteiger partial charge in [0, 0.05) is 32.7 Å². The molecule has 1 aromatic rings. The minimum Gasteiger partial charge on any atom is -0.493 e. The molecule has 0 aliphatic carbocycles. The molecule has 1 fully saturated rings. The summed E-state index contributed by atoms with van der Waals surface area (Å²) in [5.74, 6) is 7.06. The van der Waals surface area contributed by atoms with E-state index in [0.29, 0.717) is 30.3 Å². The first-order valence-electron chi connectivity index (χ1n) is 7.85. The maximum absolute atomic E-state index is 11.8. The van der Waals surface area contributed by atoms with Gasteiger partial charge < -0.3 is 19.1 Å². The van der Waals surface area contributed by atoms with Crippen LogP contribution in [0.4, 0.5) is 0 Å². The highest BCUT2D eigenvalue weighted by atomic mass is 16.5. The van der Waals surface area contributed by atoms with Crippen molar-refractivity contribution in [3.05, 3.63) is 17.7 Å². The van der Waals surface area contributed by atoms with Gasteiger partial charge in [-0.15, -0.1) is 0 Å². The number of carbonyl (C=O) groups is 1. The van der Waals surface area contributed by atoms with Crippen molar-refractivity contribution in [3.63, 3.8) is 0 Å². The number of nitrogens with zero attached hydrogens (tertiary/aromatic N) is 2. The Morgan fingerprint density at radius 3 is 2.08 bits per heavy atom. The monoisotopic (exact) mass is 332 g/mol. The van der Waals surface area contributed by atoms with Crippen molar-refractivity contribution < 1.29 is 19.0 Å². The van der Waals surface area contributed by atoms with Gasteiger partial charge in [-0.05, 0) is 30.5 Å². The Balaban J connectivity index is 2.04. The maximum Gasteiger partial charge on any atom is 0.298 e. The molecule has 0 radical (unpaired) electrons. The second kappa shape index (κ2) is 8.46. The fourth-order valence-corrected chi connectivity index (χ4v) is 2.78. The summed E-state index contributed by atoms with van der Waals surface area (Å²) in [5.41, 5.74) is 1.08. The molecule has 0 unspecified atom stereocenters. The van der Waals surface area contributed by atoms with E-state index < -0.39 is 0 Å². The number of carbonyl (C=O) groups excluding carboxylic acids is 1. The molecule has 0 saturated carbocycles. The lowest BCUT2D eigenvalue weighted by Crippen LogP contribution is -2.47. The fourth-order valence-electron chi connectivity index (χ4n) is 2.78. The third-order valence-corrected chi connectivity index (χ3v) is 4.02. The third-order valence-electron chi connectivity index (χ3n) is 4.02. The number of hydrogen-bond acceptors (Lipinski definition) is 5. The average molecular weight is 332 g/mol. The highest BCUT2D eigenvalue weighted by Gasteiger charge is 2.21. The van der Waals surface area contributed by atoms with Crippen LogP contribution in [0.25, 0.3) is 0 Å². The van der Waals surface area contributed by atoms with E-state index in [-0.39, 0.29) is 5.91 Å². The highest BCUT2D eigenvalue weighted by Crippen LogP contribution is 2.38. The molecule has 6 nitrogen and oxygen atoms in total. The molecule has 1 aromatic carbocycles. The number of hydrogen-bond donors (Lipinski definition) is 0. The largest absolute Gasteiger partial charge is 0.493 e. The fraction of sp³-hybridized carbons (Fsp3) is 0.500. The Morgan fingerprint density at radius 1 is 1.04 bits per heavy atom. The van der Waals surface area contributed by atoms with Gasteiger partial charge in [-0.1, -0.05) is 5.92 Å². The Bertz CT molecular complexity index is 615. The number of rotatable bonds is 5. The topological polar surface area (TPSA) is 51.2 Å². The molecule has 6 heteroatoms. The summed E-state index contributed by atoms with van der Waals surface area (Å²) in [4.78, 5) is 15.9. The molecular formula is C18H24N2O4. The Labute approximate surface area is 143 Å². The molecule has 1 aliphatic heterocycles. The zero-order chi connectivity index (χ0) is 17.5. The van der Waals surface area contributed by atoms with Crippen LogP contribution in [0.5, 0.6) is 17.2 Å². The number of piperazine rings is 1. The van der Waals surface area contributed by atoms with Gasteiger partial charge in [0.05, 0.1) is 21.3 Å². The number of methoxy groups -OCH3 is 3. The van der Waals surface area contributed by atoms with Crippen LogP contribution in [0.1, 0.15) is 12.5 Å². The average Bonchev–Trinajstić information content (AvgIpc) is 2.61. The summed E-state index contributed by atoms with van der Waals surface area (Å²) in [7, 11) is 4.82. The third kappa shape index (κ3) is 4.12. The SMILES string of the molecule is CC#CC(=O)N1CCN(Cc2cc(OC)c(OC)c(OC)c2)CC1. The molecule has 0 N–H and O–H groups in total. The van der Waals surface area contributed by atoms with Crippen molar-refractivity contribution in [2.75, 3.05) is 47.5 Å². The van der Waals surface area contributed by atoms with Crippen molar-refractivity contribution in [3.8, 4) is 29.1 Å². The van der Waals surface area contributed by atoms with Gasteiger partial charge in [0.15, 0.2) is 11.5 Å². The zero-order valence-corrected chi connectivity index (χ0v) is 14.7. The lowest BCUT2D eigenvalue weighted by molar-refractivity contribution is -0.126. The molecule has 0 spiro atoms. The molecular weight excluding hydrogens is 308 g/mol. The van der Waals surface area contributed by atoms with Gasteiger partial charge in [-0.25, -0.2) is 0 Å². The second-order valence-electron chi connectivity index (χ2n) is 5.48. The van der Waals surface area contributed by atoms with Crippen molar-refractivity contribution in [1.82, 2.24) is 9.80 Å². The van der Waals surface area contributed by atoms with E-state index in [4.69, 9.17) is 14.2 Å². The smallest absolute Gasteiger partial charge is 0.298 e. The highest BCUT2D eigenvalue weighted by molar-refractivity contribution is 5.93. The van der Waals surface area contributed by atoms with Crippen molar-refractivity contribution >= 4 is 5.91 Å². The predicted octanol–water partition coefficient (Wildman–Crippen LogP) is 1.38. The Kier molecular flexibility index (Phi) is 6.33. The first kappa shape index (κ1) is 18.0. The summed E-state index contributed by atoms with van der Waals surface area (Å²) >= 11 is 0. The van der Waals surface area contributed by atoms with Crippen molar-refractivity contribution in [1.29, 1.82) is 0 Å². The van der Waals surface area contributed by atoms with E-state index in [1.807, 2.05) is 12.1 Å². The van der Waals surface area contributed by atoms with Gasteiger partial charge in [0.1, 0.15) is 0 Å². The summed E-state index contributed by atoms with van der Waals surface area (Å²) in [6.07, 6.45) is 0. The van der Waals surface area contributed by atoms with Crippen molar-refractivity contribution in [2.45, 2.75) is 13.5 Å². The van der Waals surface area contributed by atoms with Crippen LogP contribution in [0.2, 0.25) is 0 Å². The van der Waals surface area contributed by atoms with Crippen molar-refractivity contribution in [2.24, 2.45) is 0 Å². The van der Waals surface area contributed by atoms with Crippen LogP contribution < -0.4 is 14.2 Å².